The van der Waals surface area contributed by atoms with Gasteiger partial charge in [-0.25, -0.2) is 0 Å². The maximum Gasteiger partial charge on any atom is 0.231 e. The first-order chi connectivity index (χ1) is 8.36. The Bertz CT molecular complexity index is 402. The van der Waals surface area contributed by atoms with E-state index in [1.165, 1.54) is 18.5 Å². The van der Waals surface area contributed by atoms with Crippen molar-refractivity contribution in [2.75, 3.05) is 30.7 Å². The number of rotatable bonds is 2. The lowest BCUT2D eigenvalue weighted by Crippen LogP contribution is -2.34. The normalized spacial score (nSPS) is 19.7. The molecule has 1 fully saturated rings. The smallest absolute Gasteiger partial charge is 0.231 e. The third-order valence-electron chi connectivity index (χ3n) is 3.55. The zero-order chi connectivity index (χ0) is 11.7. The van der Waals surface area contributed by atoms with Gasteiger partial charge in [0, 0.05) is 30.7 Å². The Balaban J connectivity index is 1.72. The average molecular weight is 254 g/mol. The summed E-state index contributed by atoms with van der Waals surface area (Å²) in [6.45, 7) is 2.50. The minimum absolute atomic E-state index is 0.340. The van der Waals surface area contributed by atoms with Gasteiger partial charge in [0.15, 0.2) is 11.5 Å². The number of alkyl halides is 1. The van der Waals surface area contributed by atoms with Crippen molar-refractivity contribution in [2.24, 2.45) is 5.92 Å². The number of fused-ring (bicyclic) bond motifs is 1. The fraction of sp³-hybridized carbons (Fsp3) is 0.538. The fourth-order valence-corrected chi connectivity index (χ4v) is 2.74. The molecule has 0 unspecified atom stereocenters. The summed E-state index contributed by atoms with van der Waals surface area (Å²) in [5, 5.41) is 0. The van der Waals surface area contributed by atoms with E-state index in [1.54, 1.807) is 0 Å². The van der Waals surface area contributed by atoms with E-state index in [-0.39, 0.29) is 0 Å². The van der Waals surface area contributed by atoms with Gasteiger partial charge in [-0.05, 0) is 30.9 Å². The predicted octanol–water partition coefficient (Wildman–Crippen LogP) is 2.87. The van der Waals surface area contributed by atoms with Crippen LogP contribution in [-0.4, -0.2) is 25.8 Å². The van der Waals surface area contributed by atoms with E-state index in [4.69, 9.17) is 21.1 Å². The first-order valence-corrected chi connectivity index (χ1v) is 6.61. The molecule has 1 saturated heterocycles. The standard InChI is InChI=1S/C13H16ClNO2/c14-8-10-3-5-15(6-4-10)11-1-2-12-13(7-11)17-9-16-12/h1-2,7,10H,3-6,8-9H2. The van der Waals surface area contributed by atoms with Crippen LogP contribution < -0.4 is 14.4 Å². The van der Waals surface area contributed by atoms with E-state index in [9.17, 15) is 0 Å². The molecule has 2 aliphatic rings. The summed E-state index contributed by atoms with van der Waals surface area (Å²) < 4.78 is 10.7. The van der Waals surface area contributed by atoms with Gasteiger partial charge in [-0.2, -0.15) is 0 Å². The Kier molecular flexibility index (Phi) is 3.02. The van der Waals surface area contributed by atoms with Gasteiger partial charge < -0.3 is 14.4 Å². The van der Waals surface area contributed by atoms with Crippen LogP contribution >= 0.6 is 11.6 Å². The summed E-state index contributed by atoms with van der Waals surface area (Å²) in [5.74, 6) is 3.18. The van der Waals surface area contributed by atoms with Crippen LogP contribution in [0.15, 0.2) is 18.2 Å². The summed E-state index contributed by atoms with van der Waals surface area (Å²) in [4.78, 5) is 2.39. The Morgan fingerprint density at radius 3 is 2.71 bits per heavy atom. The van der Waals surface area contributed by atoms with Crippen LogP contribution in [-0.2, 0) is 0 Å². The molecule has 0 bridgehead atoms. The molecule has 1 aromatic rings. The summed E-state index contributed by atoms with van der Waals surface area (Å²) >= 11 is 5.90. The molecule has 0 N–H and O–H groups in total. The number of hydrogen-bond donors (Lipinski definition) is 0. The molecule has 3 rings (SSSR count). The number of halogens is 1. The van der Waals surface area contributed by atoms with Gasteiger partial charge in [-0.15, -0.1) is 11.6 Å². The van der Waals surface area contributed by atoms with Crippen LogP contribution in [0.25, 0.3) is 0 Å². The second-order valence-electron chi connectivity index (χ2n) is 4.62. The number of hydrogen-bond acceptors (Lipinski definition) is 3. The van der Waals surface area contributed by atoms with E-state index in [2.05, 4.69) is 17.0 Å². The molecule has 2 heterocycles. The zero-order valence-corrected chi connectivity index (χ0v) is 10.4. The largest absolute Gasteiger partial charge is 0.454 e. The van der Waals surface area contributed by atoms with Crippen molar-refractivity contribution in [3.8, 4) is 11.5 Å². The molecule has 3 nitrogen and oxygen atoms in total. The molecule has 0 saturated carbocycles. The number of benzene rings is 1. The Labute approximate surface area is 106 Å². The van der Waals surface area contributed by atoms with Crippen molar-refractivity contribution in [1.82, 2.24) is 0 Å². The lowest BCUT2D eigenvalue weighted by molar-refractivity contribution is 0.174. The number of anilines is 1. The van der Waals surface area contributed by atoms with E-state index in [0.29, 0.717) is 12.7 Å². The molecule has 0 aromatic heterocycles. The Hall–Kier alpha value is -1.09. The highest BCUT2D eigenvalue weighted by Gasteiger charge is 2.21. The molecule has 0 spiro atoms. The quantitative estimate of drug-likeness (QED) is 0.757. The average Bonchev–Trinajstić information content (AvgIpc) is 2.86. The monoisotopic (exact) mass is 253 g/mol. The summed E-state index contributed by atoms with van der Waals surface area (Å²) in [7, 11) is 0. The summed E-state index contributed by atoms with van der Waals surface area (Å²) in [5.41, 5.74) is 1.22. The molecule has 0 amide bonds. The Morgan fingerprint density at radius 2 is 1.94 bits per heavy atom. The van der Waals surface area contributed by atoms with Crippen molar-refractivity contribution in [3.05, 3.63) is 18.2 Å². The van der Waals surface area contributed by atoms with Crippen LogP contribution in [0.2, 0.25) is 0 Å². The first-order valence-electron chi connectivity index (χ1n) is 6.07. The lowest BCUT2D eigenvalue weighted by atomic mass is 9.98. The second-order valence-corrected chi connectivity index (χ2v) is 4.93. The second kappa shape index (κ2) is 4.65. The molecular formula is C13H16ClNO2. The van der Waals surface area contributed by atoms with Gasteiger partial charge in [0.25, 0.3) is 0 Å². The molecule has 92 valence electrons. The summed E-state index contributed by atoms with van der Waals surface area (Å²) in [6.07, 6.45) is 2.36. The van der Waals surface area contributed by atoms with Gasteiger partial charge >= 0.3 is 0 Å². The molecule has 1 aromatic carbocycles. The fourth-order valence-electron chi connectivity index (χ4n) is 2.43. The highest BCUT2D eigenvalue weighted by molar-refractivity contribution is 6.18. The van der Waals surface area contributed by atoms with Crippen molar-refractivity contribution < 1.29 is 9.47 Å². The zero-order valence-electron chi connectivity index (χ0n) is 9.69. The molecule has 2 aliphatic heterocycles. The molecule has 4 heteroatoms. The van der Waals surface area contributed by atoms with Crippen LogP contribution in [0, 0.1) is 5.92 Å². The van der Waals surface area contributed by atoms with E-state index in [1.807, 2.05) is 6.07 Å². The van der Waals surface area contributed by atoms with E-state index >= 15 is 0 Å². The predicted molar refractivity (Wildman–Crippen MR) is 68.2 cm³/mol. The van der Waals surface area contributed by atoms with E-state index < -0.39 is 0 Å². The van der Waals surface area contributed by atoms with Gasteiger partial charge in [0.05, 0.1) is 0 Å². The van der Waals surface area contributed by atoms with Crippen LogP contribution in [0.1, 0.15) is 12.8 Å². The van der Waals surface area contributed by atoms with Crippen molar-refractivity contribution in [2.45, 2.75) is 12.8 Å². The van der Waals surface area contributed by atoms with Gasteiger partial charge in [0.1, 0.15) is 0 Å². The minimum atomic E-state index is 0.340. The lowest BCUT2D eigenvalue weighted by Gasteiger charge is -2.32. The van der Waals surface area contributed by atoms with Crippen LogP contribution in [0.4, 0.5) is 5.69 Å². The third-order valence-corrected chi connectivity index (χ3v) is 3.99. The molecule has 0 radical (unpaired) electrons. The van der Waals surface area contributed by atoms with Crippen molar-refractivity contribution >= 4 is 17.3 Å². The van der Waals surface area contributed by atoms with Gasteiger partial charge in [0.2, 0.25) is 6.79 Å². The Morgan fingerprint density at radius 1 is 1.18 bits per heavy atom. The van der Waals surface area contributed by atoms with E-state index in [0.717, 1.165) is 30.5 Å². The first kappa shape index (κ1) is 11.0. The number of ether oxygens (including phenoxy) is 2. The summed E-state index contributed by atoms with van der Waals surface area (Å²) in [6, 6.07) is 6.17. The molecular weight excluding hydrogens is 238 g/mol. The third kappa shape index (κ3) is 2.16. The molecule has 17 heavy (non-hydrogen) atoms. The van der Waals surface area contributed by atoms with Crippen molar-refractivity contribution in [3.63, 3.8) is 0 Å². The highest BCUT2D eigenvalue weighted by atomic mass is 35.5. The van der Waals surface area contributed by atoms with Crippen LogP contribution in [0.3, 0.4) is 0 Å². The SMILES string of the molecule is ClCC1CCN(c2ccc3c(c2)OCO3)CC1. The molecule has 0 atom stereocenters. The maximum absolute atomic E-state index is 5.90. The number of piperidine rings is 1. The number of nitrogens with zero attached hydrogens (tertiary/aromatic N) is 1. The minimum Gasteiger partial charge on any atom is -0.454 e. The maximum atomic E-state index is 5.90. The molecule has 0 aliphatic carbocycles. The van der Waals surface area contributed by atoms with Gasteiger partial charge in [-0.3, -0.25) is 0 Å². The van der Waals surface area contributed by atoms with Gasteiger partial charge in [-0.1, -0.05) is 0 Å². The highest BCUT2D eigenvalue weighted by Crippen LogP contribution is 2.36. The topological polar surface area (TPSA) is 21.7 Å². The van der Waals surface area contributed by atoms with Crippen molar-refractivity contribution in [1.29, 1.82) is 0 Å². The van der Waals surface area contributed by atoms with Crippen LogP contribution in [0.5, 0.6) is 11.5 Å².